The molecule has 2 N–H and O–H groups in total. The van der Waals surface area contributed by atoms with Crippen LogP contribution in [0.25, 0.3) is 0 Å². The van der Waals surface area contributed by atoms with Crippen LogP contribution in [0, 0.1) is 20.8 Å². The van der Waals surface area contributed by atoms with Gasteiger partial charge in [0, 0.05) is 17.5 Å². The summed E-state index contributed by atoms with van der Waals surface area (Å²) in [6, 6.07) is 7.35. The summed E-state index contributed by atoms with van der Waals surface area (Å²) in [5.41, 5.74) is 2.64. The third kappa shape index (κ3) is 7.13. The van der Waals surface area contributed by atoms with E-state index in [4.69, 9.17) is 19.0 Å². The molecule has 41 heavy (non-hydrogen) atoms. The Kier molecular flexibility index (Phi) is 8.58. The van der Waals surface area contributed by atoms with Gasteiger partial charge in [0.1, 0.15) is 35.1 Å². The number of benzene rings is 2. The predicted molar refractivity (Wildman–Crippen MR) is 155 cm³/mol. The molecule has 0 radical (unpaired) electrons. The van der Waals surface area contributed by atoms with Crippen molar-refractivity contribution >= 4 is 34.6 Å². The second-order valence-electron chi connectivity index (χ2n) is 11.6. The maximum Gasteiger partial charge on any atom is 0.347 e. The first-order chi connectivity index (χ1) is 19.2. The van der Waals surface area contributed by atoms with Gasteiger partial charge in [-0.15, -0.1) is 0 Å². The van der Waals surface area contributed by atoms with Crippen LogP contribution in [0.4, 0.5) is 4.79 Å². The van der Waals surface area contributed by atoms with Gasteiger partial charge in [-0.2, -0.15) is 0 Å². The molecule has 4 rings (SSSR count). The van der Waals surface area contributed by atoms with Gasteiger partial charge in [-0.05, 0) is 83.7 Å². The number of nitrogens with zero attached hydrogens (tertiary/aromatic N) is 1. The molecule has 1 fully saturated rings. The van der Waals surface area contributed by atoms with Crippen molar-refractivity contribution in [2.24, 2.45) is 5.16 Å². The molecule has 0 aliphatic carbocycles. The highest BCUT2D eigenvalue weighted by Gasteiger charge is 2.40. The lowest BCUT2D eigenvalue weighted by molar-refractivity contribution is -0.160. The summed E-state index contributed by atoms with van der Waals surface area (Å²) in [6.45, 7) is 12.5. The van der Waals surface area contributed by atoms with Crippen molar-refractivity contribution in [2.75, 3.05) is 13.2 Å². The van der Waals surface area contributed by atoms with E-state index in [2.05, 4.69) is 10.5 Å². The maximum atomic E-state index is 12.2. The monoisotopic (exact) mass is 584 g/mol. The number of nitrogens with one attached hydrogen (secondary N) is 1. The number of phenols is 1. The number of oxime groups is 1. The van der Waals surface area contributed by atoms with E-state index >= 15 is 0 Å². The van der Waals surface area contributed by atoms with Crippen LogP contribution in [0.3, 0.4) is 0 Å². The van der Waals surface area contributed by atoms with Gasteiger partial charge >= 0.3 is 5.97 Å². The summed E-state index contributed by atoms with van der Waals surface area (Å²) in [5.74, 6) is 0.527. The van der Waals surface area contributed by atoms with Gasteiger partial charge in [0.05, 0.1) is 11.0 Å². The zero-order valence-electron chi connectivity index (χ0n) is 24.4. The Morgan fingerprint density at radius 1 is 1.15 bits per heavy atom. The lowest BCUT2D eigenvalue weighted by Gasteiger charge is -2.38. The summed E-state index contributed by atoms with van der Waals surface area (Å²) in [4.78, 5) is 40.9. The van der Waals surface area contributed by atoms with Crippen LogP contribution in [-0.4, -0.2) is 57.6 Å². The number of hydrogen-bond acceptors (Lipinski definition) is 10. The minimum Gasteiger partial charge on any atom is -0.507 e. The van der Waals surface area contributed by atoms with Gasteiger partial charge in [-0.3, -0.25) is 14.9 Å². The largest absolute Gasteiger partial charge is 0.507 e. The van der Waals surface area contributed by atoms with Gasteiger partial charge in [0.25, 0.3) is 5.24 Å². The van der Waals surface area contributed by atoms with Crippen molar-refractivity contribution in [3.05, 3.63) is 52.1 Å². The van der Waals surface area contributed by atoms with E-state index in [9.17, 15) is 19.5 Å². The van der Waals surface area contributed by atoms with Gasteiger partial charge in [0.2, 0.25) is 12.5 Å². The molecule has 220 valence electrons. The molecule has 10 nitrogen and oxygen atoms in total. The molecule has 2 unspecified atom stereocenters. The van der Waals surface area contributed by atoms with Crippen molar-refractivity contribution < 1.29 is 38.5 Å². The lowest BCUT2D eigenvalue weighted by Crippen LogP contribution is -2.45. The predicted octanol–water partition coefficient (Wildman–Crippen LogP) is 4.89. The number of amides is 2. The molecule has 0 saturated carbocycles. The van der Waals surface area contributed by atoms with Crippen LogP contribution in [0.1, 0.15) is 61.9 Å². The SMILES string of the molecule is Cc1c(C)c2c(c(C)c1O)C(=NOCC(=O)OC(C)(C)C)CC(C)(COc1ccc(CC3SC(=O)NC3=O)cc1)O2. The Balaban J connectivity index is 1.51. The quantitative estimate of drug-likeness (QED) is 0.329. The van der Waals surface area contributed by atoms with Crippen molar-refractivity contribution in [3.63, 3.8) is 0 Å². The standard InChI is InChI=1S/C30H36N2O8S/c1-16-17(2)26-24(18(3)25(16)34)21(32-38-14-23(33)39-29(4,5)6)13-30(7,40-26)15-37-20-10-8-19(9-11-20)12-22-27(35)31-28(36)41-22/h8-11,22,34H,12-15H2,1-7H3,(H,31,35,36). The zero-order chi connectivity index (χ0) is 30.1. The number of carbonyl (C=O) groups excluding carboxylic acids is 3. The Bertz CT molecular complexity index is 1400. The third-order valence-electron chi connectivity index (χ3n) is 6.83. The highest BCUT2D eigenvalue weighted by molar-refractivity contribution is 8.15. The van der Waals surface area contributed by atoms with Gasteiger partial charge < -0.3 is 24.2 Å². The average molecular weight is 585 g/mol. The average Bonchev–Trinajstić information content (AvgIpc) is 3.20. The van der Waals surface area contributed by atoms with Crippen LogP contribution in [0.2, 0.25) is 0 Å². The molecule has 2 aliphatic heterocycles. The minimum atomic E-state index is -0.848. The van der Waals surface area contributed by atoms with Crippen LogP contribution in [0.15, 0.2) is 29.4 Å². The van der Waals surface area contributed by atoms with Crippen LogP contribution in [0.5, 0.6) is 17.2 Å². The fourth-order valence-electron chi connectivity index (χ4n) is 4.70. The van der Waals surface area contributed by atoms with Crippen molar-refractivity contribution in [1.29, 1.82) is 0 Å². The summed E-state index contributed by atoms with van der Waals surface area (Å²) < 4.78 is 17.9. The molecule has 0 bridgehead atoms. The van der Waals surface area contributed by atoms with E-state index < -0.39 is 22.4 Å². The fraction of sp³-hybridized carbons (Fsp3) is 0.467. The Morgan fingerprint density at radius 3 is 2.44 bits per heavy atom. The number of esters is 1. The van der Waals surface area contributed by atoms with E-state index in [1.54, 1.807) is 27.7 Å². The molecule has 0 spiro atoms. The number of fused-ring (bicyclic) bond motifs is 1. The van der Waals surface area contributed by atoms with Crippen molar-refractivity contribution in [3.8, 4) is 17.2 Å². The third-order valence-corrected chi connectivity index (χ3v) is 7.81. The number of aromatic hydroxyl groups is 1. The van der Waals surface area contributed by atoms with E-state index in [0.29, 0.717) is 40.3 Å². The van der Waals surface area contributed by atoms with E-state index in [-0.39, 0.29) is 36.5 Å². The number of carbonyl (C=O) groups is 3. The number of ether oxygens (including phenoxy) is 3. The number of imide groups is 1. The molecule has 2 aromatic carbocycles. The molecule has 2 aliphatic rings. The summed E-state index contributed by atoms with van der Waals surface area (Å²) in [5, 5.41) is 16.6. The molecule has 2 atom stereocenters. The number of rotatable bonds is 8. The Labute approximate surface area is 243 Å². The maximum absolute atomic E-state index is 12.2. The van der Waals surface area contributed by atoms with Crippen LogP contribution >= 0.6 is 11.8 Å². The molecule has 1 saturated heterocycles. The van der Waals surface area contributed by atoms with Gasteiger partial charge in [0.15, 0.2) is 0 Å². The van der Waals surface area contributed by atoms with E-state index in [1.165, 1.54) is 0 Å². The number of phenolic OH excluding ortho intramolecular Hbond substituents is 1. The fourth-order valence-corrected chi connectivity index (χ4v) is 5.56. The first-order valence-electron chi connectivity index (χ1n) is 13.3. The molecule has 2 amide bonds. The highest BCUT2D eigenvalue weighted by atomic mass is 32.2. The van der Waals surface area contributed by atoms with Crippen molar-refractivity contribution in [2.45, 2.75) is 77.8 Å². The second-order valence-corrected chi connectivity index (χ2v) is 12.7. The Hall–Kier alpha value is -3.73. The first kappa shape index (κ1) is 30.2. The van der Waals surface area contributed by atoms with Gasteiger partial charge in [-0.1, -0.05) is 29.1 Å². The molecule has 11 heteroatoms. The molecular weight excluding hydrogens is 548 g/mol. The highest BCUT2D eigenvalue weighted by Crippen LogP contribution is 2.43. The second kappa shape index (κ2) is 11.6. The molecule has 0 aromatic heterocycles. The smallest absolute Gasteiger partial charge is 0.347 e. The lowest BCUT2D eigenvalue weighted by atomic mass is 9.86. The number of thioether (sulfide) groups is 1. The van der Waals surface area contributed by atoms with Crippen molar-refractivity contribution in [1.82, 2.24) is 5.32 Å². The first-order valence-corrected chi connectivity index (χ1v) is 14.2. The minimum absolute atomic E-state index is 0.155. The van der Waals surface area contributed by atoms with Crippen LogP contribution in [-0.2, 0) is 25.6 Å². The Morgan fingerprint density at radius 2 is 1.83 bits per heavy atom. The molecule has 2 aromatic rings. The number of hydrogen-bond donors (Lipinski definition) is 2. The summed E-state index contributed by atoms with van der Waals surface area (Å²) >= 11 is 0.999. The molecule has 2 heterocycles. The van der Waals surface area contributed by atoms with Gasteiger partial charge in [-0.25, -0.2) is 4.79 Å². The van der Waals surface area contributed by atoms with Crippen LogP contribution < -0.4 is 14.8 Å². The van der Waals surface area contributed by atoms with E-state index in [1.807, 2.05) is 45.0 Å². The topological polar surface area (TPSA) is 133 Å². The van der Waals surface area contributed by atoms with E-state index in [0.717, 1.165) is 22.9 Å². The zero-order valence-corrected chi connectivity index (χ0v) is 25.2. The summed E-state index contributed by atoms with van der Waals surface area (Å²) in [6.07, 6.45) is 0.727. The summed E-state index contributed by atoms with van der Waals surface area (Å²) in [7, 11) is 0. The molecular formula is C30H36N2O8S. The normalized spacial score (nSPS) is 21.2.